The highest BCUT2D eigenvalue weighted by molar-refractivity contribution is 7.89. The number of non-ortho nitro benzene ring substituents is 1. The van der Waals surface area contributed by atoms with E-state index in [1.54, 1.807) is 19.2 Å². The van der Waals surface area contributed by atoms with Crippen molar-refractivity contribution >= 4 is 38.7 Å². The number of nitro groups is 1. The zero-order valence-corrected chi connectivity index (χ0v) is 19.6. The molecule has 0 radical (unpaired) electrons. The van der Waals surface area contributed by atoms with Gasteiger partial charge in [-0.1, -0.05) is 0 Å². The molecule has 0 atom stereocenters. The van der Waals surface area contributed by atoms with E-state index in [0.717, 1.165) is 25.9 Å². The van der Waals surface area contributed by atoms with Crippen LogP contribution in [0.1, 0.15) is 23.2 Å². The first kappa shape index (κ1) is 23.9. The summed E-state index contributed by atoms with van der Waals surface area (Å²) in [6.07, 6.45) is 1.99. The average molecular weight is 490 g/mol. The van der Waals surface area contributed by atoms with Gasteiger partial charge in [-0.2, -0.15) is 4.31 Å². The minimum atomic E-state index is -3.77. The zero-order valence-electron chi connectivity index (χ0n) is 18.8. The topological polar surface area (TPSA) is 134 Å². The van der Waals surface area contributed by atoms with Crippen molar-refractivity contribution in [3.05, 3.63) is 52.1 Å². The first-order valence-electron chi connectivity index (χ1n) is 11.1. The van der Waals surface area contributed by atoms with Crippen molar-refractivity contribution in [3.63, 3.8) is 0 Å². The molecule has 0 bridgehead atoms. The molecule has 2 fully saturated rings. The maximum absolute atomic E-state index is 13.2. The van der Waals surface area contributed by atoms with Crippen molar-refractivity contribution in [2.75, 3.05) is 62.0 Å². The van der Waals surface area contributed by atoms with Crippen molar-refractivity contribution in [3.8, 4) is 0 Å². The molecule has 0 spiro atoms. The molecular weight excluding hydrogens is 462 g/mol. The highest BCUT2D eigenvalue weighted by Crippen LogP contribution is 2.33. The van der Waals surface area contributed by atoms with E-state index in [1.165, 1.54) is 28.6 Å². The molecule has 2 aromatic rings. The number of carbonyl (C=O) groups is 1. The minimum absolute atomic E-state index is 0.0699. The number of nitrogens with zero attached hydrogens (tertiary/aromatic N) is 3. The van der Waals surface area contributed by atoms with Gasteiger partial charge in [-0.15, -0.1) is 0 Å². The molecule has 2 N–H and O–H groups in total. The van der Waals surface area contributed by atoms with Crippen LogP contribution in [-0.2, 0) is 14.8 Å². The van der Waals surface area contributed by atoms with Crippen LogP contribution < -0.4 is 15.5 Å². The van der Waals surface area contributed by atoms with Crippen molar-refractivity contribution in [1.29, 1.82) is 0 Å². The van der Waals surface area contributed by atoms with Gasteiger partial charge in [0, 0.05) is 51.0 Å². The number of benzene rings is 2. The van der Waals surface area contributed by atoms with Gasteiger partial charge in [0.2, 0.25) is 10.0 Å². The van der Waals surface area contributed by atoms with Crippen molar-refractivity contribution < 1.29 is 22.9 Å². The molecule has 2 heterocycles. The lowest BCUT2D eigenvalue weighted by atomic mass is 10.1. The van der Waals surface area contributed by atoms with E-state index < -0.39 is 20.9 Å². The summed E-state index contributed by atoms with van der Waals surface area (Å²) in [5.41, 5.74) is 1.35. The molecule has 0 aromatic heterocycles. The molecule has 0 unspecified atom stereocenters. The SMILES string of the molecule is CNc1ccc([N+](=O)[O-])cc1C(=O)Nc1cc(S(=O)(=O)N2CCOCC2)ccc1N1CCCC1. The summed E-state index contributed by atoms with van der Waals surface area (Å²) in [6, 6.07) is 8.71. The van der Waals surface area contributed by atoms with E-state index >= 15 is 0 Å². The second kappa shape index (κ2) is 9.95. The Morgan fingerprint density at radius 3 is 2.38 bits per heavy atom. The molecule has 4 rings (SSSR count). The summed E-state index contributed by atoms with van der Waals surface area (Å²) >= 11 is 0. The molecule has 2 aliphatic rings. The number of morpholine rings is 1. The highest BCUT2D eigenvalue weighted by Gasteiger charge is 2.28. The lowest BCUT2D eigenvalue weighted by molar-refractivity contribution is -0.384. The third kappa shape index (κ3) is 4.83. The Morgan fingerprint density at radius 1 is 1.03 bits per heavy atom. The van der Waals surface area contributed by atoms with Gasteiger partial charge < -0.3 is 20.3 Å². The molecule has 1 amide bonds. The Bertz CT molecular complexity index is 1190. The molecule has 12 heteroatoms. The predicted octanol–water partition coefficient (Wildman–Crippen LogP) is 2.51. The van der Waals surface area contributed by atoms with Crippen LogP contribution in [0.5, 0.6) is 0 Å². The Balaban J connectivity index is 1.72. The third-order valence-corrected chi connectivity index (χ3v) is 7.89. The molecular formula is C22H27N5O6S. The van der Waals surface area contributed by atoms with Crippen LogP contribution in [0.2, 0.25) is 0 Å². The lowest BCUT2D eigenvalue weighted by Crippen LogP contribution is -2.40. The fraction of sp³-hybridized carbons (Fsp3) is 0.409. The van der Waals surface area contributed by atoms with E-state index in [0.29, 0.717) is 30.3 Å². The van der Waals surface area contributed by atoms with Gasteiger partial charge in [-0.05, 0) is 37.1 Å². The van der Waals surface area contributed by atoms with Crippen molar-refractivity contribution in [1.82, 2.24) is 4.31 Å². The Hall–Kier alpha value is -3.22. The Labute approximate surface area is 197 Å². The van der Waals surface area contributed by atoms with Crippen LogP contribution in [0.15, 0.2) is 41.3 Å². The lowest BCUT2D eigenvalue weighted by Gasteiger charge is -2.27. The second-order valence-corrected chi connectivity index (χ2v) is 10.0. The summed E-state index contributed by atoms with van der Waals surface area (Å²) in [7, 11) is -2.16. The first-order chi connectivity index (χ1) is 16.3. The molecule has 0 saturated carbocycles. The maximum atomic E-state index is 13.2. The number of hydrogen-bond donors (Lipinski definition) is 2. The van der Waals surface area contributed by atoms with Crippen molar-refractivity contribution in [2.24, 2.45) is 0 Å². The summed E-state index contributed by atoms with van der Waals surface area (Å²) in [4.78, 5) is 26.1. The smallest absolute Gasteiger partial charge is 0.270 e. The molecule has 2 aromatic carbocycles. The van der Waals surface area contributed by atoms with E-state index in [2.05, 4.69) is 15.5 Å². The Morgan fingerprint density at radius 2 is 1.74 bits per heavy atom. The van der Waals surface area contributed by atoms with Crippen LogP contribution in [0.4, 0.5) is 22.7 Å². The number of hydrogen-bond acceptors (Lipinski definition) is 8. The monoisotopic (exact) mass is 489 g/mol. The number of ether oxygens (including phenoxy) is 1. The molecule has 2 saturated heterocycles. The largest absolute Gasteiger partial charge is 0.387 e. The molecule has 0 aliphatic carbocycles. The van der Waals surface area contributed by atoms with Gasteiger partial charge in [0.1, 0.15) is 0 Å². The molecule has 182 valence electrons. The third-order valence-electron chi connectivity index (χ3n) is 6.00. The van der Waals surface area contributed by atoms with Gasteiger partial charge >= 0.3 is 0 Å². The van der Waals surface area contributed by atoms with Gasteiger partial charge in [0.05, 0.1) is 40.0 Å². The predicted molar refractivity (Wildman–Crippen MR) is 128 cm³/mol. The minimum Gasteiger partial charge on any atom is -0.387 e. The number of amides is 1. The van der Waals surface area contributed by atoms with E-state index in [4.69, 9.17) is 4.74 Å². The van der Waals surface area contributed by atoms with E-state index in [1.807, 2.05) is 0 Å². The fourth-order valence-corrected chi connectivity index (χ4v) is 5.62. The van der Waals surface area contributed by atoms with Crippen molar-refractivity contribution in [2.45, 2.75) is 17.7 Å². The first-order valence-corrected chi connectivity index (χ1v) is 12.5. The molecule has 11 nitrogen and oxygen atoms in total. The van der Waals surface area contributed by atoms with Crippen LogP contribution >= 0.6 is 0 Å². The number of nitro benzene ring substituents is 1. The zero-order chi connectivity index (χ0) is 24.3. The number of nitrogens with one attached hydrogen (secondary N) is 2. The van der Waals surface area contributed by atoms with Crippen LogP contribution in [0.3, 0.4) is 0 Å². The van der Waals surface area contributed by atoms with Gasteiger partial charge in [0.25, 0.3) is 11.6 Å². The number of carbonyl (C=O) groups excluding carboxylic acids is 1. The summed E-state index contributed by atoms with van der Waals surface area (Å²) in [6.45, 7) is 2.75. The van der Waals surface area contributed by atoms with E-state index in [-0.39, 0.29) is 29.2 Å². The second-order valence-electron chi connectivity index (χ2n) is 8.08. The van der Waals surface area contributed by atoms with Crippen LogP contribution in [0, 0.1) is 10.1 Å². The Kier molecular flexibility index (Phi) is 7.00. The van der Waals surface area contributed by atoms with Crippen LogP contribution in [-0.4, -0.2) is 70.0 Å². The number of sulfonamides is 1. The van der Waals surface area contributed by atoms with Gasteiger partial charge in [0.15, 0.2) is 0 Å². The normalized spacial score (nSPS) is 16.9. The van der Waals surface area contributed by atoms with E-state index in [9.17, 15) is 23.3 Å². The quantitative estimate of drug-likeness (QED) is 0.448. The van der Waals surface area contributed by atoms with Gasteiger partial charge in [-0.3, -0.25) is 14.9 Å². The standard InChI is InChI=1S/C22H27N5O6S/c1-23-19-6-4-16(27(29)30)14-18(19)22(28)24-20-15-17(5-7-21(20)25-8-2-3-9-25)34(31,32)26-10-12-33-13-11-26/h4-7,14-15,23H,2-3,8-13H2,1H3,(H,24,28). The summed E-state index contributed by atoms with van der Waals surface area (Å²) < 4.78 is 33.0. The molecule has 2 aliphatic heterocycles. The number of rotatable bonds is 7. The average Bonchev–Trinajstić information content (AvgIpc) is 3.38. The van der Waals surface area contributed by atoms with Gasteiger partial charge in [-0.25, -0.2) is 8.42 Å². The number of anilines is 3. The summed E-state index contributed by atoms with van der Waals surface area (Å²) in [5.74, 6) is -0.575. The van der Waals surface area contributed by atoms with Crippen LogP contribution in [0.25, 0.3) is 0 Å². The molecule has 34 heavy (non-hydrogen) atoms. The highest BCUT2D eigenvalue weighted by atomic mass is 32.2. The maximum Gasteiger partial charge on any atom is 0.270 e. The summed E-state index contributed by atoms with van der Waals surface area (Å²) in [5, 5.41) is 16.9. The fourth-order valence-electron chi connectivity index (χ4n) is 4.19.